The summed E-state index contributed by atoms with van der Waals surface area (Å²) < 4.78 is 13.1. The first-order valence-electron chi connectivity index (χ1n) is 9.93. The number of imidazole rings is 1. The average Bonchev–Trinajstić information content (AvgIpc) is 3.07. The van der Waals surface area contributed by atoms with Crippen LogP contribution in [0.15, 0.2) is 42.5 Å². The Labute approximate surface area is 171 Å². The Morgan fingerprint density at radius 1 is 1.17 bits per heavy atom. The van der Waals surface area contributed by atoms with Crippen molar-refractivity contribution in [2.24, 2.45) is 0 Å². The zero-order valence-corrected chi connectivity index (χ0v) is 17.6. The van der Waals surface area contributed by atoms with Gasteiger partial charge in [0.25, 0.3) is 0 Å². The van der Waals surface area contributed by atoms with Gasteiger partial charge in [0.1, 0.15) is 18.2 Å². The van der Waals surface area contributed by atoms with Crippen LogP contribution in [-0.4, -0.2) is 35.8 Å². The van der Waals surface area contributed by atoms with Crippen LogP contribution in [0.1, 0.15) is 36.3 Å². The summed E-state index contributed by atoms with van der Waals surface area (Å²) in [4.78, 5) is 16.7. The Balaban J connectivity index is 1.72. The molecule has 2 aromatic carbocycles. The van der Waals surface area contributed by atoms with Crippen LogP contribution >= 0.6 is 0 Å². The van der Waals surface area contributed by atoms with Crippen molar-refractivity contribution in [3.05, 3.63) is 59.4 Å². The Morgan fingerprint density at radius 2 is 1.97 bits per heavy atom. The fourth-order valence-corrected chi connectivity index (χ4v) is 3.42. The van der Waals surface area contributed by atoms with Crippen LogP contribution in [-0.2, 0) is 16.1 Å². The van der Waals surface area contributed by atoms with Gasteiger partial charge in [-0.1, -0.05) is 24.3 Å². The minimum atomic E-state index is -0.218. The molecule has 6 heteroatoms. The van der Waals surface area contributed by atoms with E-state index in [1.165, 1.54) is 18.2 Å². The van der Waals surface area contributed by atoms with Crippen molar-refractivity contribution in [1.82, 2.24) is 14.9 Å². The number of benzene rings is 2. The highest BCUT2D eigenvalue weighted by Gasteiger charge is 2.18. The van der Waals surface area contributed by atoms with E-state index in [2.05, 4.69) is 35.9 Å². The Morgan fingerprint density at radius 3 is 2.76 bits per heavy atom. The standard InChI is InChI=1S/C23H29N3O3/c1-16-9-7-12-21(17(16)2)29-14-8-13-26-20-11-6-5-10-19(20)25-23(26)18(3)24-22(27)15-28-4/h5-7,9-12,18H,8,13-15H2,1-4H3,(H,24,27). The highest BCUT2D eigenvalue weighted by Crippen LogP contribution is 2.23. The number of carbonyl (C=O) groups is 1. The van der Waals surface area contributed by atoms with Gasteiger partial charge in [-0.2, -0.15) is 0 Å². The highest BCUT2D eigenvalue weighted by atomic mass is 16.5. The molecule has 1 unspecified atom stereocenters. The molecule has 0 saturated carbocycles. The molecule has 1 heterocycles. The van der Waals surface area contributed by atoms with E-state index in [0.717, 1.165) is 35.6 Å². The number of hydrogen-bond donors (Lipinski definition) is 1. The fraction of sp³-hybridized carbons (Fsp3) is 0.391. The molecule has 1 N–H and O–H groups in total. The summed E-state index contributed by atoms with van der Waals surface area (Å²) in [5.74, 6) is 1.61. The highest BCUT2D eigenvalue weighted by molar-refractivity contribution is 5.78. The van der Waals surface area contributed by atoms with Gasteiger partial charge in [0.15, 0.2) is 0 Å². The first-order chi connectivity index (χ1) is 14.0. The minimum Gasteiger partial charge on any atom is -0.493 e. The van der Waals surface area contributed by atoms with Gasteiger partial charge >= 0.3 is 0 Å². The van der Waals surface area contributed by atoms with Crippen LogP contribution in [0.5, 0.6) is 5.75 Å². The normalized spacial score (nSPS) is 12.1. The Bertz CT molecular complexity index is 981. The van der Waals surface area contributed by atoms with Crippen molar-refractivity contribution < 1.29 is 14.3 Å². The van der Waals surface area contributed by atoms with E-state index in [9.17, 15) is 4.79 Å². The van der Waals surface area contributed by atoms with E-state index < -0.39 is 0 Å². The number of hydrogen-bond acceptors (Lipinski definition) is 4. The van der Waals surface area contributed by atoms with Crippen LogP contribution < -0.4 is 10.1 Å². The van der Waals surface area contributed by atoms with Crippen LogP contribution in [0.4, 0.5) is 0 Å². The van der Waals surface area contributed by atoms with Crippen LogP contribution in [0.3, 0.4) is 0 Å². The van der Waals surface area contributed by atoms with Gasteiger partial charge in [0.2, 0.25) is 5.91 Å². The second-order valence-electron chi connectivity index (χ2n) is 7.23. The maximum atomic E-state index is 11.9. The number of aromatic nitrogens is 2. The van der Waals surface area contributed by atoms with E-state index in [-0.39, 0.29) is 18.6 Å². The number of nitrogens with one attached hydrogen (secondary N) is 1. The number of carbonyl (C=O) groups excluding carboxylic acids is 1. The van der Waals surface area contributed by atoms with E-state index in [0.29, 0.717) is 6.61 Å². The molecule has 0 aliphatic heterocycles. The number of rotatable bonds is 9. The lowest BCUT2D eigenvalue weighted by Crippen LogP contribution is -2.31. The summed E-state index contributed by atoms with van der Waals surface area (Å²) in [5, 5.41) is 2.95. The molecule has 1 aromatic heterocycles. The third-order valence-corrected chi connectivity index (χ3v) is 5.06. The van der Waals surface area contributed by atoms with Gasteiger partial charge < -0.3 is 19.4 Å². The summed E-state index contributed by atoms with van der Waals surface area (Å²) in [6, 6.07) is 13.9. The SMILES string of the molecule is COCC(=O)NC(C)c1nc2ccccc2n1CCCOc1cccc(C)c1C. The quantitative estimate of drug-likeness (QED) is 0.557. The largest absolute Gasteiger partial charge is 0.493 e. The molecule has 0 aliphatic carbocycles. The third kappa shape index (κ3) is 4.95. The number of ether oxygens (including phenoxy) is 2. The molecule has 0 aliphatic rings. The maximum absolute atomic E-state index is 11.9. The summed E-state index contributed by atoms with van der Waals surface area (Å²) in [6.45, 7) is 7.51. The second kappa shape index (κ2) is 9.56. The van der Waals surface area contributed by atoms with E-state index in [1.807, 2.05) is 37.3 Å². The number of nitrogens with zero attached hydrogens (tertiary/aromatic N) is 2. The lowest BCUT2D eigenvalue weighted by molar-refractivity contribution is -0.125. The smallest absolute Gasteiger partial charge is 0.246 e. The van der Waals surface area contributed by atoms with Crippen molar-refractivity contribution in [2.75, 3.05) is 20.3 Å². The number of methoxy groups -OCH3 is 1. The predicted molar refractivity (Wildman–Crippen MR) is 114 cm³/mol. The monoisotopic (exact) mass is 395 g/mol. The second-order valence-corrected chi connectivity index (χ2v) is 7.23. The Kier molecular flexibility index (Phi) is 6.88. The summed E-state index contributed by atoms with van der Waals surface area (Å²) in [6.07, 6.45) is 0.833. The predicted octanol–water partition coefficient (Wildman–Crippen LogP) is 3.95. The summed E-state index contributed by atoms with van der Waals surface area (Å²) in [5.41, 5.74) is 4.38. The molecule has 154 valence electrons. The molecule has 0 saturated heterocycles. The molecule has 6 nitrogen and oxygen atoms in total. The van der Waals surface area contributed by atoms with Crippen molar-refractivity contribution in [1.29, 1.82) is 0 Å². The minimum absolute atomic E-state index is 0.0360. The van der Waals surface area contributed by atoms with Gasteiger partial charge in [0, 0.05) is 13.7 Å². The molecular weight excluding hydrogens is 366 g/mol. The zero-order chi connectivity index (χ0) is 20.8. The van der Waals surface area contributed by atoms with E-state index >= 15 is 0 Å². The first kappa shape index (κ1) is 20.9. The first-order valence-corrected chi connectivity index (χ1v) is 9.93. The van der Waals surface area contributed by atoms with Crippen molar-refractivity contribution >= 4 is 16.9 Å². The topological polar surface area (TPSA) is 65.4 Å². The molecule has 3 rings (SSSR count). The lowest BCUT2D eigenvalue weighted by atomic mass is 10.1. The van der Waals surface area contributed by atoms with E-state index in [4.69, 9.17) is 14.5 Å². The lowest BCUT2D eigenvalue weighted by Gasteiger charge is -2.17. The van der Waals surface area contributed by atoms with E-state index in [1.54, 1.807) is 0 Å². The molecule has 1 amide bonds. The fourth-order valence-electron chi connectivity index (χ4n) is 3.42. The number of para-hydroxylation sites is 2. The number of aryl methyl sites for hydroxylation is 2. The molecular formula is C23H29N3O3. The van der Waals surface area contributed by atoms with Crippen molar-refractivity contribution in [3.63, 3.8) is 0 Å². The molecule has 29 heavy (non-hydrogen) atoms. The van der Waals surface area contributed by atoms with Gasteiger partial charge in [0.05, 0.1) is 23.7 Å². The van der Waals surface area contributed by atoms with Crippen LogP contribution in [0.25, 0.3) is 11.0 Å². The Hall–Kier alpha value is -2.86. The van der Waals surface area contributed by atoms with Gasteiger partial charge in [-0.05, 0) is 56.5 Å². The summed E-state index contributed by atoms with van der Waals surface area (Å²) in [7, 11) is 1.51. The third-order valence-electron chi connectivity index (χ3n) is 5.06. The number of fused-ring (bicyclic) bond motifs is 1. The molecule has 0 spiro atoms. The summed E-state index contributed by atoms with van der Waals surface area (Å²) >= 11 is 0. The number of amides is 1. The van der Waals surface area contributed by atoms with Crippen molar-refractivity contribution in [3.8, 4) is 5.75 Å². The van der Waals surface area contributed by atoms with Gasteiger partial charge in [-0.15, -0.1) is 0 Å². The zero-order valence-electron chi connectivity index (χ0n) is 17.6. The van der Waals surface area contributed by atoms with Gasteiger partial charge in [-0.3, -0.25) is 4.79 Å². The average molecular weight is 396 g/mol. The molecule has 0 radical (unpaired) electrons. The molecule has 0 fully saturated rings. The maximum Gasteiger partial charge on any atom is 0.246 e. The molecule has 0 bridgehead atoms. The molecule has 1 atom stereocenters. The molecule has 3 aromatic rings. The van der Waals surface area contributed by atoms with Crippen LogP contribution in [0, 0.1) is 13.8 Å². The van der Waals surface area contributed by atoms with Crippen molar-refractivity contribution in [2.45, 2.75) is 39.8 Å². The van der Waals surface area contributed by atoms with Gasteiger partial charge in [-0.25, -0.2) is 4.98 Å². The van der Waals surface area contributed by atoms with Crippen LogP contribution in [0.2, 0.25) is 0 Å².